The monoisotopic (exact) mass is 321 g/mol. The molecule has 2 aromatic carbocycles. The molecule has 0 bridgehead atoms. The Morgan fingerprint density at radius 2 is 1.71 bits per heavy atom. The van der Waals surface area contributed by atoms with E-state index in [1.165, 1.54) is 13.2 Å². The summed E-state index contributed by atoms with van der Waals surface area (Å²) in [5.41, 5.74) is 2.71. The molecule has 4 heteroatoms. The maximum Gasteiger partial charge on any atom is 0.352 e. The molecule has 2 rings (SSSR count). The summed E-state index contributed by atoms with van der Waals surface area (Å²) in [4.78, 5) is 28.2. The van der Waals surface area contributed by atoms with Gasteiger partial charge in [-0.3, -0.25) is 4.79 Å². The molecule has 0 heterocycles. The maximum absolute atomic E-state index is 12.1. The second kappa shape index (κ2) is 8.58. The van der Waals surface area contributed by atoms with Gasteiger partial charge in [-0.15, -0.1) is 0 Å². The normalized spacial score (nSPS) is 11.5. The quantitative estimate of drug-likeness (QED) is 0.460. The van der Waals surface area contributed by atoms with Crippen LogP contribution in [0.4, 0.5) is 5.69 Å². The Morgan fingerprint density at radius 3 is 2.33 bits per heavy atom. The molecule has 0 aromatic heterocycles. The van der Waals surface area contributed by atoms with E-state index >= 15 is 0 Å². The molecule has 0 saturated heterocycles. The van der Waals surface area contributed by atoms with E-state index in [4.69, 9.17) is 4.74 Å². The van der Waals surface area contributed by atoms with Crippen molar-refractivity contribution in [2.45, 2.75) is 13.3 Å². The third-order valence-electron chi connectivity index (χ3n) is 3.32. The van der Waals surface area contributed by atoms with Crippen molar-refractivity contribution in [3.05, 3.63) is 71.8 Å². The van der Waals surface area contributed by atoms with Crippen molar-refractivity contribution in [1.29, 1.82) is 0 Å². The van der Waals surface area contributed by atoms with Crippen LogP contribution in [-0.4, -0.2) is 24.6 Å². The molecule has 2 aromatic rings. The van der Waals surface area contributed by atoms with Crippen LogP contribution in [0.2, 0.25) is 0 Å². The second-order valence-corrected chi connectivity index (χ2v) is 5.27. The number of esters is 1. The largest absolute Gasteiger partial charge is 0.465 e. The summed E-state index contributed by atoms with van der Waals surface area (Å²) in [6.45, 7) is 1.96. The molecule has 0 saturated carbocycles. The third-order valence-corrected chi connectivity index (χ3v) is 3.32. The van der Waals surface area contributed by atoms with Crippen LogP contribution in [0.3, 0.4) is 0 Å². The summed E-state index contributed by atoms with van der Waals surface area (Å²) in [7, 11) is 1.28. The first-order chi connectivity index (χ1) is 11.6. The highest BCUT2D eigenvalue weighted by molar-refractivity contribution is 6.40. The van der Waals surface area contributed by atoms with Crippen molar-refractivity contribution in [2.75, 3.05) is 7.11 Å². The fourth-order valence-corrected chi connectivity index (χ4v) is 2.03. The number of hydrogen-bond acceptors (Lipinski definition) is 4. The van der Waals surface area contributed by atoms with Crippen molar-refractivity contribution >= 4 is 29.2 Å². The molecule has 0 aliphatic rings. The maximum atomic E-state index is 12.1. The molecule has 0 spiro atoms. The van der Waals surface area contributed by atoms with Crippen LogP contribution in [0.15, 0.2) is 65.7 Å². The molecule has 0 aliphatic carbocycles. The van der Waals surface area contributed by atoms with E-state index in [9.17, 15) is 9.59 Å². The van der Waals surface area contributed by atoms with Gasteiger partial charge in [-0.25, -0.2) is 9.79 Å². The van der Waals surface area contributed by atoms with Gasteiger partial charge in [0, 0.05) is 0 Å². The van der Waals surface area contributed by atoms with Crippen molar-refractivity contribution < 1.29 is 14.3 Å². The highest BCUT2D eigenvalue weighted by atomic mass is 16.5. The molecule has 0 amide bonds. The van der Waals surface area contributed by atoms with Gasteiger partial charge in [0.15, 0.2) is 5.78 Å². The smallest absolute Gasteiger partial charge is 0.352 e. The van der Waals surface area contributed by atoms with Gasteiger partial charge in [-0.2, -0.15) is 0 Å². The van der Waals surface area contributed by atoms with Gasteiger partial charge in [0.25, 0.3) is 0 Å². The molecule has 0 N–H and O–H groups in total. The lowest BCUT2D eigenvalue weighted by molar-refractivity contribution is -0.133. The fourth-order valence-electron chi connectivity index (χ4n) is 2.03. The molecule has 122 valence electrons. The Morgan fingerprint density at radius 1 is 1.04 bits per heavy atom. The number of ketones is 1. The summed E-state index contributed by atoms with van der Waals surface area (Å²) >= 11 is 0. The van der Waals surface area contributed by atoms with Crippen molar-refractivity contribution in [3.8, 4) is 0 Å². The van der Waals surface area contributed by atoms with E-state index in [0.29, 0.717) is 5.69 Å². The standard InChI is InChI=1S/C20H19NO3/c1-15-8-11-17(12-9-15)21-19(20(23)24-2)14-18(22)13-10-16-6-4-3-5-7-16/h3-13H,14H2,1-2H3. The van der Waals surface area contributed by atoms with E-state index in [1.807, 2.05) is 49.4 Å². The zero-order valence-electron chi connectivity index (χ0n) is 13.7. The van der Waals surface area contributed by atoms with Crippen molar-refractivity contribution in [3.63, 3.8) is 0 Å². The summed E-state index contributed by atoms with van der Waals surface area (Å²) < 4.78 is 4.73. The van der Waals surface area contributed by atoms with Crippen LogP contribution in [0.25, 0.3) is 6.08 Å². The Kier molecular flexibility index (Phi) is 6.20. The van der Waals surface area contributed by atoms with Crippen molar-refractivity contribution in [1.82, 2.24) is 0 Å². The second-order valence-electron chi connectivity index (χ2n) is 5.27. The van der Waals surface area contributed by atoms with Crippen LogP contribution in [0, 0.1) is 6.92 Å². The number of hydrogen-bond donors (Lipinski definition) is 0. The zero-order valence-corrected chi connectivity index (χ0v) is 13.7. The first-order valence-electron chi connectivity index (χ1n) is 7.57. The molecule has 0 fully saturated rings. The Bertz CT molecular complexity index is 759. The summed E-state index contributed by atoms with van der Waals surface area (Å²) in [5, 5.41) is 0. The number of benzene rings is 2. The number of carbonyl (C=O) groups is 2. The predicted molar refractivity (Wildman–Crippen MR) is 95.4 cm³/mol. The summed E-state index contributed by atoms with van der Waals surface area (Å²) in [6, 6.07) is 16.9. The Labute approximate surface area is 141 Å². The van der Waals surface area contributed by atoms with Gasteiger partial charge in [0.2, 0.25) is 0 Å². The number of aliphatic imine (C=N–C) groups is 1. The highest BCUT2D eigenvalue weighted by Crippen LogP contribution is 2.14. The topological polar surface area (TPSA) is 55.7 Å². The lowest BCUT2D eigenvalue weighted by Gasteiger charge is -2.03. The van der Waals surface area contributed by atoms with Gasteiger partial charge >= 0.3 is 5.97 Å². The van der Waals surface area contributed by atoms with Gasteiger partial charge in [-0.1, -0.05) is 54.1 Å². The van der Waals surface area contributed by atoms with E-state index < -0.39 is 5.97 Å². The zero-order chi connectivity index (χ0) is 17.4. The van der Waals surface area contributed by atoms with E-state index in [0.717, 1.165) is 11.1 Å². The average Bonchev–Trinajstić information content (AvgIpc) is 2.61. The SMILES string of the molecule is COC(=O)C(CC(=O)C=Cc1ccccc1)=Nc1ccc(C)cc1. The van der Waals surface area contributed by atoms with Crippen LogP contribution >= 0.6 is 0 Å². The minimum Gasteiger partial charge on any atom is -0.465 e. The molecule has 4 nitrogen and oxygen atoms in total. The molecule has 0 radical (unpaired) electrons. The number of methoxy groups -OCH3 is 1. The lowest BCUT2D eigenvalue weighted by Crippen LogP contribution is -2.18. The molecular formula is C20H19NO3. The number of nitrogens with zero attached hydrogens (tertiary/aromatic N) is 1. The van der Waals surface area contributed by atoms with E-state index in [1.54, 1.807) is 18.2 Å². The first-order valence-corrected chi connectivity index (χ1v) is 7.57. The Balaban J connectivity index is 2.14. The number of allylic oxidation sites excluding steroid dienone is 1. The number of carbonyl (C=O) groups excluding carboxylic acids is 2. The van der Waals surface area contributed by atoms with Crippen LogP contribution in [-0.2, 0) is 14.3 Å². The lowest BCUT2D eigenvalue weighted by atomic mass is 10.1. The molecule has 0 unspecified atom stereocenters. The van der Waals surface area contributed by atoms with Gasteiger partial charge in [-0.05, 0) is 30.7 Å². The van der Waals surface area contributed by atoms with Crippen LogP contribution < -0.4 is 0 Å². The van der Waals surface area contributed by atoms with Crippen LogP contribution in [0.1, 0.15) is 17.5 Å². The minimum atomic E-state index is -0.600. The molecular weight excluding hydrogens is 302 g/mol. The molecule has 0 aliphatic heterocycles. The number of aryl methyl sites for hydroxylation is 1. The van der Waals surface area contributed by atoms with E-state index in [-0.39, 0.29) is 17.9 Å². The summed E-state index contributed by atoms with van der Waals surface area (Å²) in [6.07, 6.45) is 3.05. The summed E-state index contributed by atoms with van der Waals surface area (Å²) in [5.74, 6) is -0.813. The third kappa shape index (κ3) is 5.32. The minimum absolute atomic E-state index is 0.0871. The van der Waals surface area contributed by atoms with Crippen molar-refractivity contribution in [2.24, 2.45) is 4.99 Å². The predicted octanol–water partition coefficient (Wildman–Crippen LogP) is 3.91. The van der Waals surface area contributed by atoms with Gasteiger partial charge < -0.3 is 4.74 Å². The fraction of sp³-hybridized carbons (Fsp3) is 0.150. The highest BCUT2D eigenvalue weighted by Gasteiger charge is 2.15. The van der Waals surface area contributed by atoms with Crippen LogP contribution in [0.5, 0.6) is 0 Å². The van der Waals surface area contributed by atoms with E-state index in [2.05, 4.69) is 4.99 Å². The Hall–Kier alpha value is -3.01. The average molecular weight is 321 g/mol. The van der Waals surface area contributed by atoms with Gasteiger partial charge in [0.1, 0.15) is 5.71 Å². The number of rotatable bonds is 6. The number of ether oxygens (including phenoxy) is 1. The first kappa shape index (κ1) is 17.3. The molecule has 0 atom stereocenters. The molecule has 24 heavy (non-hydrogen) atoms. The van der Waals surface area contributed by atoms with Gasteiger partial charge in [0.05, 0.1) is 19.2 Å².